The summed E-state index contributed by atoms with van der Waals surface area (Å²) in [6.45, 7) is 0. The molecule has 1 atom stereocenters. The fourth-order valence-electron chi connectivity index (χ4n) is 2.75. The molecular formula is C18H15BrO5. The molecule has 0 fully saturated rings. The van der Waals surface area contributed by atoms with E-state index in [1.807, 2.05) is 0 Å². The number of ketones is 1. The van der Waals surface area contributed by atoms with Crippen molar-refractivity contribution in [2.45, 2.75) is 12.5 Å². The lowest BCUT2D eigenvalue weighted by molar-refractivity contribution is 0.0365. The van der Waals surface area contributed by atoms with E-state index >= 15 is 0 Å². The molecule has 1 heterocycles. The standard InChI is InChI=1S/C18H15BrO5/c1-22-14-8-7-12-15(24-18(21)16(12)17(14)23-2)9-13(20)10-3-5-11(19)6-4-10/h3-8,15H,9H2,1-2H3. The number of methoxy groups -OCH3 is 2. The fourth-order valence-corrected chi connectivity index (χ4v) is 3.01. The van der Waals surface area contributed by atoms with Crippen LogP contribution in [0.5, 0.6) is 11.5 Å². The van der Waals surface area contributed by atoms with Gasteiger partial charge in [-0.3, -0.25) is 4.79 Å². The van der Waals surface area contributed by atoms with Crippen molar-refractivity contribution in [1.29, 1.82) is 0 Å². The van der Waals surface area contributed by atoms with Crippen molar-refractivity contribution in [1.82, 2.24) is 0 Å². The Kier molecular flexibility index (Phi) is 4.57. The maximum Gasteiger partial charge on any atom is 0.343 e. The predicted molar refractivity (Wildman–Crippen MR) is 90.8 cm³/mol. The average molecular weight is 391 g/mol. The van der Waals surface area contributed by atoms with Crippen molar-refractivity contribution >= 4 is 27.7 Å². The molecule has 1 aliphatic rings. The van der Waals surface area contributed by atoms with Gasteiger partial charge in [0.1, 0.15) is 11.7 Å². The van der Waals surface area contributed by atoms with Gasteiger partial charge >= 0.3 is 5.97 Å². The predicted octanol–water partition coefficient (Wildman–Crippen LogP) is 3.95. The van der Waals surface area contributed by atoms with Crippen LogP contribution in [0.1, 0.15) is 38.8 Å². The molecule has 0 saturated heterocycles. The molecule has 5 nitrogen and oxygen atoms in total. The fraction of sp³-hybridized carbons (Fsp3) is 0.222. The zero-order chi connectivity index (χ0) is 17.3. The van der Waals surface area contributed by atoms with Crippen LogP contribution in [0.4, 0.5) is 0 Å². The number of carbonyl (C=O) groups is 2. The Labute approximate surface area is 147 Å². The molecule has 0 amide bonds. The lowest BCUT2D eigenvalue weighted by Crippen LogP contribution is -2.07. The number of ether oxygens (including phenoxy) is 3. The maximum atomic E-state index is 12.4. The van der Waals surface area contributed by atoms with Gasteiger partial charge in [-0.05, 0) is 18.2 Å². The zero-order valence-electron chi connectivity index (χ0n) is 13.2. The van der Waals surface area contributed by atoms with E-state index in [0.717, 1.165) is 4.47 Å². The first-order valence-corrected chi connectivity index (χ1v) is 8.09. The molecule has 3 rings (SSSR count). The molecule has 2 aromatic rings. The lowest BCUT2D eigenvalue weighted by atomic mass is 9.97. The Hall–Kier alpha value is -2.34. The first kappa shape index (κ1) is 16.5. The Balaban J connectivity index is 1.89. The molecule has 1 aliphatic heterocycles. The summed E-state index contributed by atoms with van der Waals surface area (Å²) >= 11 is 3.34. The SMILES string of the molecule is COc1ccc2c(c1OC)C(=O)OC2CC(=O)c1ccc(Br)cc1. The number of carbonyl (C=O) groups excluding carboxylic acids is 2. The molecule has 2 aromatic carbocycles. The smallest absolute Gasteiger partial charge is 0.343 e. The van der Waals surface area contributed by atoms with Gasteiger partial charge in [0.25, 0.3) is 0 Å². The highest BCUT2D eigenvalue weighted by Crippen LogP contribution is 2.43. The molecule has 0 radical (unpaired) electrons. The maximum absolute atomic E-state index is 12.4. The lowest BCUT2D eigenvalue weighted by Gasteiger charge is -2.12. The summed E-state index contributed by atoms with van der Waals surface area (Å²) in [4.78, 5) is 24.7. The van der Waals surface area contributed by atoms with Crippen LogP contribution in [-0.4, -0.2) is 26.0 Å². The number of benzene rings is 2. The van der Waals surface area contributed by atoms with Crippen LogP contribution in [-0.2, 0) is 4.74 Å². The number of esters is 1. The Morgan fingerprint density at radius 3 is 2.46 bits per heavy atom. The summed E-state index contributed by atoms with van der Waals surface area (Å²) < 4.78 is 16.8. The average Bonchev–Trinajstić information content (AvgIpc) is 2.90. The van der Waals surface area contributed by atoms with Gasteiger partial charge in [-0.15, -0.1) is 0 Å². The number of hydrogen-bond acceptors (Lipinski definition) is 5. The summed E-state index contributed by atoms with van der Waals surface area (Å²) in [7, 11) is 2.96. The quantitative estimate of drug-likeness (QED) is 0.571. The van der Waals surface area contributed by atoms with Gasteiger partial charge in [0.15, 0.2) is 17.3 Å². The van der Waals surface area contributed by atoms with Crippen molar-refractivity contribution in [3.05, 3.63) is 57.6 Å². The van der Waals surface area contributed by atoms with Crippen molar-refractivity contribution in [3.63, 3.8) is 0 Å². The summed E-state index contributed by atoms with van der Waals surface area (Å²) in [6, 6.07) is 10.5. The number of Topliss-reactive ketones (excluding diaryl/α,β-unsaturated/α-hetero) is 1. The summed E-state index contributed by atoms with van der Waals surface area (Å²) in [5, 5.41) is 0. The Morgan fingerprint density at radius 1 is 1.12 bits per heavy atom. The van der Waals surface area contributed by atoms with Gasteiger partial charge in [-0.2, -0.15) is 0 Å². The first-order chi connectivity index (χ1) is 11.5. The number of rotatable bonds is 5. The highest BCUT2D eigenvalue weighted by Gasteiger charge is 2.36. The van der Waals surface area contributed by atoms with Crippen LogP contribution >= 0.6 is 15.9 Å². The minimum Gasteiger partial charge on any atom is -0.493 e. The molecule has 6 heteroatoms. The van der Waals surface area contributed by atoms with Gasteiger partial charge in [0.2, 0.25) is 0 Å². The van der Waals surface area contributed by atoms with Crippen molar-refractivity contribution in [2.75, 3.05) is 14.2 Å². The highest BCUT2D eigenvalue weighted by molar-refractivity contribution is 9.10. The van der Waals surface area contributed by atoms with Crippen LogP contribution in [0.3, 0.4) is 0 Å². The van der Waals surface area contributed by atoms with E-state index in [2.05, 4.69) is 15.9 Å². The third-order valence-electron chi connectivity index (χ3n) is 3.92. The Bertz CT molecular complexity index is 798. The van der Waals surface area contributed by atoms with E-state index in [1.54, 1.807) is 36.4 Å². The number of hydrogen-bond donors (Lipinski definition) is 0. The van der Waals surface area contributed by atoms with Crippen LogP contribution in [0.25, 0.3) is 0 Å². The topological polar surface area (TPSA) is 61.8 Å². The summed E-state index contributed by atoms with van der Waals surface area (Å²) in [5.74, 6) is 0.184. The van der Waals surface area contributed by atoms with E-state index < -0.39 is 12.1 Å². The molecule has 0 aliphatic carbocycles. The summed E-state index contributed by atoms with van der Waals surface area (Å²) in [6.07, 6.45) is -0.543. The minimum atomic E-state index is -0.622. The van der Waals surface area contributed by atoms with Gasteiger partial charge in [-0.1, -0.05) is 34.1 Å². The van der Waals surface area contributed by atoms with Gasteiger partial charge in [0.05, 0.1) is 20.6 Å². The molecule has 0 N–H and O–H groups in total. The molecular weight excluding hydrogens is 376 g/mol. The highest BCUT2D eigenvalue weighted by atomic mass is 79.9. The van der Waals surface area contributed by atoms with Gasteiger partial charge < -0.3 is 14.2 Å². The van der Waals surface area contributed by atoms with E-state index in [1.165, 1.54) is 14.2 Å². The van der Waals surface area contributed by atoms with Gasteiger partial charge in [0, 0.05) is 15.6 Å². The number of halogens is 1. The minimum absolute atomic E-state index is 0.0792. The second-order valence-corrected chi connectivity index (χ2v) is 6.21. The molecule has 124 valence electrons. The second kappa shape index (κ2) is 6.65. The molecule has 0 aromatic heterocycles. The molecule has 1 unspecified atom stereocenters. The Morgan fingerprint density at radius 2 is 1.83 bits per heavy atom. The molecule has 0 bridgehead atoms. The molecule has 24 heavy (non-hydrogen) atoms. The van der Waals surface area contributed by atoms with Crippen molar-refractivity contribution in [3.8, 4) is 11.5 Å². The normalized spacial score (nSPS) is 15.6. The van der Waals surface area contributed by atoms with E-state index in [-0.39, 0.29) is 12.2 Å². The van der Waals surface area contributed by atoms with E-state index in [4.69, 9.17) is 14.2 Å². The number of fused-ring (bicyclic) bond motifs is 1. The molecule has 0 spiro atoms. The third kappa shape index (κ3) is 2.89. The number of cyclic esters (lactones) is 1. The van der Waals surface area contributed by atoms with Crippen molar-refractivity contribution < 1.29 is 23.8 Å². The van der Waals surface area contributed by atoms with E-state index in [0.29, 0.717) is 28.2 Å². The third-order valence-corrected chi connectivity index (χ3v) is 4.44. The second-order valence-electron chi connectivity index (χ2n) is 5.29. The monoisotopic (exact) mass is 390 g/mol. The van der Waals surface area contributed by atoms with Crippen LogP contribution in [0, 0.1) is 0 Å². The zero-order valence-corrected chi connectivity index (χ0v) is 14.8. The van der Waals surface area contributed by atoms with Crippen molar-refractivity contribution in [2.24, 2.45) is 0 Å². The van der Waals surface area contributed by atoms with Crippen LogP contribution in [0.15, 0.2) is 40.9 Å². The summed E-state index contributed by atoms with van der Waals surface area (Å²) in [5.41, 5.74) is 1.54. The molecule has 0 saturated carbocycles. The van der Waals surface area contributed by atoms with Crippen LogP contribution < -0.4 is 9.47 Å². The van der Waals surface area contributed by atoms with Gasteiger partial charge in [-0.25, -0.2) is 4.79 Å². The van der Waals surface area contributed by atoms with E-state index in [9.17, 15) is 9.59 Å². The van der Waals surface area contributed by atoms with Crippen LogP contribution in [0.2, 0.25) is 0 Å². The first-order valence-electron chi connectivity index (χ1n) is 7.29. The largest absolute Gasteiger partial charge is 0.493 e.